The number of hydrogen-bond acceptors (Lipinski definition) is 3. The fraction of sp³-hybridized carbons (Fsp3) is 0.364. The minimum Gasteiger partial charge on any atom is -0.478 e. The van der Waals surface area contributed by atoms with Crippen LogP contribution in [0, 0.1) is 6.92 Å². The van der Waals surface area contributed by atoms with E-state index in [1.807, 2.05) is 19.1 Å². The van der Waals surface area contributed by atoms with Gasteiger partial charge in [0.25, 0.3) is 0 Å². The fourth-order valence-corrected chi connectivity index (χ4v) is 1.68. The van der Waals surface area contributed by atoms with E-state index in [0.29, 0.717) is 5.75 Å². The van der Waals surface area contributed by atoms with Crippen molar-refractivity contribution in [3.05, 3.63) is 23.8 Å². The average molecular weight is 207 g/mol. The number of aliphatic carboxylic acids is 1. The van der Waals surface area contributed by atoms with E-state index in [2.05, 4.69) is 5.32 Å². The lowest BCUT2D eigenvalue weighted by molar-refractivity contribution is -0.145. The van der Waals surface area contributed by atoms with Crippen LogP contribution in [0.4, 0.5) is 5.69 Å². The molecule has 1 heterocycles. The van der Waals surface area contributed by atoms with Crippen LogP contribution in [0.3, 0.4) is 0 Å². The molecule has 80 valence electrons. The summed E-state index contributed by atoms with van der Waals surface area (Å²) < 4.78 is 5.40. The maximum absolute atomic E-state index is 10.9. The summed E-state index contributed by atoms with van der Waals surface area (Å²) in [6.45, 7) is 3.78. The van der Waals surface area contributed by atoms with E-state index in [1.54, 1.807) is 13.0 Å². The maximum atomic E-state index is 10.9. The first-order valence-corrected chi connectivity index (χ1v) is 4.84. The summed E-state index contributed by atoms with van der Waals surface area (Å²) in [5, 5.41) is 12.1. The van der Waals surface area contributed by atoms with Crippen molar-refractivity contribution in [3.63, 3.8) is 0 Å². The first-order chi connectivity index (χ1) is 7.08. The van der Waals surface area contributed by atoms with Crippen molar-refractivity contribution < 1.29 is 14.6 Å². The molecule has 0 aromatic heterocycles. The Bertz CT molecular complexity index is 403. The topological polar surface area (TPSA) is 58.6 Å². The molecule has 1 aliphatic heterocycles. The van der Waals surface area contributed by atoms with Crippen molar-refractivity contribution in [2.24, 2.45) is 0 Å². The van der Waals surface area contributed by atoms with Gasteiger partial charge in [0, 0.05) is 0 Å². The SMILES string of the molecule is Cc1ccc2c(c1)NC(C)C(C(=O)O)O2. The van der Waals surface area contributed by atoms with E-state index in [0.717, 1.165) is 11.3 Å². The predicted molar refractivity (Wildman–Crippen MR) is 56.3 cm³/mol. The smallest absolute Gasteiger partial charge is 0.347 e. The Balaban J connectivity index is 2.33. The zero-order chi connectivity index (χ0) is 11.0. The van der Waals surface area contributed by atoms with Crippen LogP contribution in [0.2, 0.25) is 0 Å². The van der Waals surface area contributed by atoms with Gasteiger partial charge in [0.05, 0.1) is 11.7 Å². The number of fused-ring (bicyclic) bond motifs is 1. The van der Waals surface area contributed by atoms with Crippen LogP contribution in [-0.2, 0) is 4.79 Å². The normalized spacial score (nSPS) is 23.6. The van der Waals surface area contributed by atoms with Crippen molar-refractivity contribution in [1.29, 1.82) is 0 Å². The molecule has 2 N–H and O–H groups in total. The lowest BCUT2D eigenvalue weighted by Crippen LogP contribution is -2.44. The number of aryl methyl sites for hydroxylation is 1. The number of carbonyl (C=O) groups is 1. The van der Waals surface area contributed by atoms with Crippen LogP contribution in [0.1, 0.15) is 12.5 Å². The molecule has 1 aliphatic rings. The summed E-state index contributed by atoms with van der Waals surface area (Å²) >= 11 is 0. The highest BCUT2D eigenvalue weighted by Crippen LogP contribution is 2.31. The summed E-state index contributed by atoms with van der Waals surface area (Å²) in [5.74, 6) is -0.340. The van der Waals surface area contributed by atoms with Gasteiger partial charge in [-0.1, -0.05) is 6.07 Å². The summed E-state index contributed by atoms with van der Waals surface area (Å²) in [6, 6.07) is 5.41. The van der Waals surface area contributed by atoms with E-state index < -0.39 is 12.1 Å². The van der Waals surface area contributed by atoms with Gasteiger partial charge in [-0.05, 0) is 31.5 Å². The van der Waals surface area contributed by atoms with E-state index >= 15 is 0 Å². The largest absolute Gasteiger partial charge is 0.478 e. The molecule has 2 unspecified atom stereocenters. The standard InChI is InChI=1S/C11H13NO3/c1-6-3-4-9-8(5-6)12-7(2)10(15-9)11(13)14/h3-5,7,10,12H,1-2H3,(H,13,14). The predicted octanol–water partition coefficient (Wildman–Crippen LogP) is 1.64. The molecular weight excluding hydrogens is 194 g/mol. The minimum absolute atomic E-state index is 0.225. The fourth-order valence-electron chi connectivity index (χ4n) is 1.68. The van der Waals surface area contributed by atoms with Gasteiger partial charge < -0.3 is 15.2 Å². The van der Waals surface area contributed by atoms with Crippen molar-refractivity contribution in [1.82, 2.24) is 0 Å². The number of hydrogen-bond donors (Lipinski definition) is 2. The van der Waals surface area contributed by atoms with E-state index in [4.69, 9.17) is 9.84 Å². The average Bonchev–Trinajstić information content (AvgIpc) is 2.15. The Kier molecular flexibility index (Phi) is 2.26. The summed E-state index contributed by atoms with van der Waals surface area (Å²) in [6.07, 6.45) is -0.819. The molecule has 0 radical (unpaired) electrons. The number of anilines is 1. The molecule has 1 aromatic carbocycles. The molecular formula is C11H13NO3. The van der Waals surface area contributed by atoms with E-state index in [9.17, 15) is 4.79 Å². The highest BCUT2D eigenvalue weighted by molar-refractivity contribution is 5.76. The molecule has 0 bridgehead atoms. The number of rotatable bonds is 1. The molecule has 0 fully saturated rings. The highest BCUT2D eigenvalue weighted by Gasteiger charge is 2.31. The van der Waals surface area contributed by atoms with Crippen molar-refractivity contribution >= 4 is 11.7 Å². The molecule has 4 nitrogen and oxygen atoms in total. The minimum atomic E-state index is -0.943. The summed E-state index contributed by atoms with van der Waals surface area (Å²) in [5.41, 5.74) is 1.98. The van der Waals surface area contributed by atoms with E-state index in [-0.39, 0.29) is 6.04 Å². The first kappa shape index (κ1) is 9.83. The zero-order valence-electron chi connectivity index (χ0n) is 8.65. The molecule has 2 rings (SSSR count). The number of ether oxygens (including phenoxy) is 1. The molecule has 2 atom stereocenters. The van der Waals surface area contributed by atoms with Crippen LogP contribution < -0.4 is 10.1 Å². The second-order valence-electron chi connectivity index (χ2n) is 3.81. The second kappa shape index (κ2) is 3.46. The van der Waals surface area contributed by atoms with Gasteiger partial charge in [-0.2, -0.15) is 0 Å². The van der Waals surface area contributed by atoms with Gasteiger partial charge in [-0.15, -0.1) is 0 Å². The Morgan fingerprint density at radius 1 is 1.53 bits per heavy atom. The van der Waals surface area contributed by atoms with Crippen molar-refractivity contribution in [2.45, 2.75) is 26.0 Å². The van der Waals surface area contributed by atoms with Crippen LogP contribution in [0.25, 0.3) is 0 Å². The summed E-state index contributed by atoms with van der Waals surface area (Å²) in [4.78, 5) is 10.9. The lowest BCUT2D eigenvalue weighted by Gasteiger charge is -2.30. The molecule has 0 aliphatic carbocycles. The highest BCUT2D eigenvalue weighted by atomic mass is 16.5. The van der Waals surface area contributed by atoms with Crippen molar-refractivity contribution in [3.8, 4) is 5.75 Å². The molecule has 0 saturated carbocycles. The van der Waals surface area contributed by atoms with Gasteiger partial charge >= 0.3 is 5.97 Å². The molecule has 4 heteroatoms. The lowest BCUT2D eigenvalue weighted by atomic mass is 10.1. The van der Waals surface area contributed by atoms with Gasteiger partial charge in [-0.25, -0.2) is 4.79 Å². The molecule has 0 spiro atoms. The maximum Gasteiger partial charge on any atom is 0.347 e. The quantitative estimate of drug-likeness (QED) is 0.735. The van der Waals surface area contributed by atoms with Gasteiger partial charge in [0.15, 0.2) is 0 Å². The number of nitrogens with one attached hydrogen (secondary N) is 1. The first-order valence-electron chi connectivity index (χ1n) is 4.84. The summed E-state index contributed by atoms with van der Waals surface area (Å²) in [7, 11) is 0. The number of benzene rings is 1. The molecule has 0 amide bonds. The Morgan fingerprint density at radius 3 is 2.93 bits per heavy atom. The van der Waals surface area contributed by atoms with Crippen molar-refractivity contribution in [2.75, 3.05) is 5.32 Å². The molecule has 1 aromatic rings. The Morgan fingerprint density at radius 2 is 2.27 bits per heavy atom. The second-order valence-corrected chi connectivity index (χ2v) is 3.81. The van der Waals surface area contributed by atoms with Crippen LogP contribution in [-0.4, -0.2) is 23.2 Å². The Labute approximate surface area is 87.9 Å². The van der Waals surface area contributed by atoms with Gasteiger partial charge in [-0.3, -0.25) is 0 Å². The number of carboxylic acids is 1. The van der Waals surface area contributed by atoms with Crippen LogP contribution in [0.15, 0.2) is 18.2 Å². The van der Waals surface area contributed by atoms with Gasteiger partial charge in [0.1, 0.15) is 5.75 Å². The third-order valence-corrected chi connectivity index (χ3v) is 2.47. The number of carboxylic acid groups (broad SMARTS) is 1. The molecule has 0 saturated heterocycles. The van der Waals surface area contributed by atoms with E-state index in [1.165, 1.54) is 0 Å². The third kappa shape index (κ3) is 1.75. The molecule has 15 heavy (non-hydrogen) atoms. The third-order valence-electron chi connectivity index (χ3n) is 2.47. The monoisotopic (exact) mass is 207 g/mol. The van der Waals surface area contributed by atoms with Crippen LogP contribution >= 0.6 is 0 Å². The Hall–Kier alpha value is -1.71. The van der Waals surface area contributed by atoms with Gasteiger partial charge in [0.2, 0.25) is 6.10 Å². The zero-order valence-corrected chi connectivity index (χ0v) is 8.65. The van der Waals surface area contributed by atoms with Crippen LogP contribution in [0.5, 0.6) is 5.75 Å².